The van der Waals surface area contributed by atoms with Gasteiger partial charge in [-0.25, -0.2) is 14.8 Å². The summed E-state index contributed by atoms with van der Waals surface area (Å²) in [5.74, 6) is -0.689. The number of imide groups is 1. The van der Waals surface area contributed by atoms with E-state index in [1.807, 2.05) is 0 Å². The Labute approximate surface area is 108 Å². The summed E-state index contributed by atoms with van der Waals surface area (Å²) < 4.78 is 0. The highest BCUT2D eigenvalue weighted by Crippen LogP contribution is 2.27. The molecule has 0 atom stereocenters. The standard InChI is InChI=1S/C12H11N3O4/c16-8-2-1-7-6-15(11(18)9(7)5-8)14-4-3-10(17)13-12(14)19/h1-2,5,16H,3-4,6H2,(H,13,17,19). The third kappa shape index (κ3) is 1.79. The number of nitrogens with one attached hydrogen (secondary N) is 1. The number of hydrogen-bond acceptors (Lipinski definition) is 4. The number of hydrogen-bond donors (Lipinski definition) is 2. The second-order valence-electron chi connectivity index (χ2n) is 4.43. The van der Waals surface area contributed by atoms with Gasteiger partial charge < -0.3 is 5.11 Å². The summed E-state index contributed by atoms with van der Waals surface area (Å²) in [5.41, 5.74) is 1.12. The van der Waals surface area contributed by atoms with Gasteiger partial charge in [0.2, 0.25) is 5.91 Å². The van der Waals surface area contributed by atoms with Crippen molar-refractivity contribution in [3.05, 3.63) is 29.3 Å². The molecule has 0 aromatic heterocycles. The zero-order valence-corrected chi connectivity index (χ0v) is 9.92. The Balaban J connectivity index is 1.88. The highest BCUT2D eigenvalue weighted by atomic mass is 16.3. The number of phenolic OH excluding ortho intramolecular Hbond substituents is 1. The molecule has 0 saturated carbocycles. The largest absolute Gasteiger partial charge is 0.508 e. The normalized spacial score (nSPS) is 18.6. The quantitative estimate of drug-likeness (QED) is 0.756. The van der Waals surface area contributed by atoms with Crippen molar-refractivity contribution in [3.8, 4) is 5.75 Å². The van der Waals surface area contributed by atoms with E-state index < -0.39 is 6.03 Å². The van der Waals surface area contributed by atoms with E-state index in [-0.39, 0.29) is 37.1 Å². The first-order valence-corrected chi connectivity index (χ1v) is 5.81. The second kappa shape index (κ2) is 3.98. The Bertz CT molecular complexity index is 599. The van der Waals surface area contributed by atoms with E-state index in [0.717, 1.165) is 5.56 Å². The number of phenols is 1. The zero-order chi connectivity index (χ0) is 13.6. The van der Waals surface area contributed by atoms with Crippen molar-refractivity contribution < 1.29 is 19.5 Å². The van der Waals surface area contributed by atoms with Crippen molar-refractivity contribution in [1.29, 1.82) is 0 Å². The van der Waals surface area contributed by atoms with Crippen LogP contribution in [0.3, 0.4) is 0 Å². The van der Waals surface area contributed by atoms with E-state index >= 15 is 0 Å². The lowest BCUT2D eigenvalue weighted by molar-refractivity contribution is -0.123. The van der Waals surface area contributed by atoms with Gasteiger partial charge in [-0.3, -0.25) is 14.9 Å². The van der Waals surface area contributed by atoms with Crippen molar-refractivity contribution >= 4 is 17.8 Å². The molecule has 3 rings (SSSR count). The number of carbonyl (C=O) groups is 3. The fourth-order valence-electron chi connectivity index (χ4n) is 2.25. The Hall–Kier alpha value is -2.57. The number of nitrogens with zero attached hydrogens (tertiary/aromatic N) is 2. The van der Waals surface area contributed by atoms with Crippen LogP contribution in [-0.2, 0) is 11.3 Å². The predicted octanol–water partition coefficient (Wildman–Crippen LogP) is 0.205. The van der Waals surface area contributed by atoms with Gasteiger partial charge in [-0.2, -0.15) is 0 Å². The van der Waals surface area contributed by atoms with Crippen molar-refractivity contribution in [2.45, 2.75) is 13.0 Å². The molecular weight excluding hydrogens is 250 g/mol. The molecule has 0 aliphatic carbocycles. The van der Waals surface area contributed by atoms with Gasteiger partial charge in [0, 0.05) is 6.42 Å². The predicted molar refractivity (Wildman–Crippen MR) is 62.8 cm³/mol. The molecule has 1 saturated heterocycles. The van der Waals surface area contributed by atoms with Crippen LogP contribution in [-0.4, -0.2) is 39.5 Å². The molecule has 2 heterocycles. The molecule has 0 radical (unpaired) electrons. The minimum absolute atomic E-state index is 0.00669. The van der Waals surface area contributed by atoms with Crippen LogP contribution in [0, 0.1) is 0 Å². The number of aromatic hydroxyl groups is 1. The van der Waals surface area contributed by atoms with Gasteiger partial charge in [-0.05, 0) is 17.7 Å². The van der Waals surface area contributed by atoms with Gasteiger partial charge in [0.25, 0.3) is 5.91 Å². The first kappa shape index (κ1) is 11.5. The SMILES string of the molecule is O=C1CCN(N2Cc3ccc(O)cc3C2=O)C(=O)N1. The van der Waals surface area contributed by atoms with Gasteiger partial charge in [-0.15, -0.1) is 0 Å². The Kier molecular flexibility index (Phi) is 2.41. The minimum atomic E-state index is -0.596. The van der Waals surface area contributed by atoms with E-state index in [4.69, 9.17) is 0 Å². The maximum Gasteiger partial charge on any atom is 0.342 e. The van der Waals surface area contributed by atoms with E-state index in [1.54, 1.807) is 6.07 Å². The summed E-state index contributed by atoms with van der Waals surface area (Å²) in [5, 5.41) is 14.1. The lowest BCUT2D eigenvalue weighted by atomic mass is 10.1. The molecule has 0 spiro atoms. The molecule has 1 aromatic carbocycles. The number of amides is 4. The Morgan fingerprint density at radius 1 is 1.16 bits per heavy atom. The molecular formula is C12H11N3O4. The Morgan fingerprint density at radius 2 is 1.95 bits per heavy atom. The van der Waals surface area contributed by atoms with Crippen molar-refractivity contribution in [2.75, 3.05) is 6.54 Å². The average Bonchev–Trinajstić information content (AvgIpc) is 2.67. The molecule has 7 nitrogen and oxygen atoms in total. The molecule has 2 aliphatic heterocycles. The van der Waals surface area contributed by atoms with Gasteiger partial charge in [0.05, 0.1) is 18.7 Å². The number of carbonyl (C=O) groups excluding carboxylic acids is 3. The summed E-state index contributed by atoms with van der Waals surface area (Å²) in [6.45, 7) is 0.437. The van der Waals surface area contributed by atoms with Gasteiger partial charge in [-0.1, -0.05) is 6.07 Å². The molecule has 2 N–H and O–H groups in total. The Morgan fingerprint density at radius 3 is 2.68 bits per heavy atom. The molecule has 4 amide bonds. The molecule has 0 unspecified atom stereocenters. The molecule has 2 aliphatic rings. The van der Waals surface area contributed by atoms with Crippen molar-refractivity contribution in [2.24, 2.45) is 0 Å². The van der Waals surface area contributed by atoms with E-state index in [2.05, 4.69) is 5.32 Å². The molecule has 1 fully saturated rings. The highest BCUT2D eigenvalue weighted by Gasteiger charge is 2.36. The van der Waals surface area contributed by atoms with Crippen LogP contribution in [0.1, 0.15) is 22.3 Å². The topological polar surface area (TPSA) is 90.0 Å². The summed E-state index contributed by atoms with van der Waals surface area (Å²) in [6, 6.07) is 3.93. The fourth-order valence-corrected chi connectivity index (χ4v) is 2.25. The molecule has 1 aromatic rings. The smallest absolute Gasteiger partial charge is 0.342 e. The third-order valence-electron chi connectivity index (χ3n) is 3.20. The van der Waals surface area contributed by atoms with Crippen LogP contribution < -0.4 is 5.32 Å². The van der Waals surface area contributed by atoms with Crippen LogP contribution in [0.5, 0.6) is 5.75 Å². The van der Waals surface area contributed by atoms with Crippen molar-refractivity contribution in [1.82, 2.24) is 15.3 Å². The van der Waals surface area contributed by atoms with Crippen LogP contribution in [0.15, 0.2) is 18.2 Å². The summed E-state index contributed by atoms with van der Waals surface area (Å²) >= 11 is 0. The third-order valence-corrected chi connectivity index (χ3v) is 3.20. The maximum atomic E-state index is 12.2. The number of hydrazine groups is 1. The first-order valence-electron chi connectivity index (χ1n) is 5.81. The lowest BCUT2D eigenvalue weighted by Crippen LogP contribution is -2.56. The van der Waals surface area contributed by atoms with Gasteiger partial charge in [0.1, 0.15) is 5.75 Å². The van der Waals surface area contributed by atoms with E-state index in [1.165, 1.54) is 22.2 Å². The minimum Gasteiger partial charge on any atom is -0.508 e. The molecule has 19 heavy (non-hydrogen) atoms. The summed E-state index contributed by atoms with van der Waals surface area (Å²) in [4.78, 5) is 35.0. The van der Waals surface area contributed by atoms with E-state index in [0.29, 0.717) is 5.56 Å². The van der Waals surface area contributed by atoms with Crippen LogP contribution in [0.2, 0.25) is 0 Å². The van der Waals surface area contributed by atoms with Crippen LogP contribution in [0.4, 0.5) is 4.79 Å². The zero-order valence-electron chi connectivity index (χ0n) is 9.92. The number of fused-ring (bicyclic) bond motifs is 1. The number of rotatable bonds is 1. The molecule has 98 valence electrons. The number of urea groups is 1. The molecule has 7 heteroatoms. The van der Waals surface area contributed by atoms with Crippen LogP contribution >= 0.6 is 0 Å². The van der Waals surface area contributed by atoms with Crippen LogP contribution in [0.25, 0.3) is 0 Å². The highest BCUT2D eigenvalue weighted by molar-refractivity contribution is 6.02. The van der Waals surface area contributed by atoms with Gasteiger partial charge in [0.15, 0.2) is 0 Å². The van der Waals surface area contributed by atoms with Crippen molar-refractivity contribution in [3.63, 3.8) is 0 Å². The second-order valence-corrected chi connectivity index (χ2v) is 4.43. The van der Waals surface area contributed by atoms with E-state index in [9.17, 15) is 19.5 Å². The number of benzene rings is 1. The lowest BCUT2D eigenvalue weighted by Gasteiger charge is -2.33. The average molecular weight is 261 g/mol. The maximum absolute atomic E-state index is 12.2. The molecule has 0 bridgehead atoms. The summed E-state index contributed by atoms with van der Waals surface area (Å²) in [7, 11) is 0. The summed E-state index contributed by atoms with van der Waals surface area (Å²) in [6.07, 6.45) is 0.164. The fraction of sp³-hybridized carbons (Fsp3) is 0.250. The van der Waals surface area contributed by atoms with Gasteiger partial charge >= 0.3 is 6.03 Å². The monoisotopic (exact) mass is 261 g/mol. The first-order chi connectivity index (χ1) is 9.06.